The molecule has 1 unspecified atom stereocenters. The van der Waals surface area contributed by atoms with E-state index in [0.29, 0.717) is 18.0 Å². The Labute approximate surface area is 155 Å². The third-order valence-corrected chi connectivity index (χ3v) is 5.31. The third-order valence-electron chi connectivity index (χ3n) is 3.90. The van der Waals surface area contributed by atoms with Crippen molar-refractivity contribution in [1.29, 1.82) is 0 Å². The fourth-order valence-electron chi connectivity index (χ4n) is 2.52. The number of halogens is 1. The van der Waals surface area contributed by atoms with Gasteiger partial charge in [0, 0.05) is 11.4 Å². The predicted octanol–water partition coefficient (Wildman–Crippen LogP) is 3.44. The van der Waals surface area contributed by atoms with Gasteiger partial charge in [0.05, 0.1) is 11.9 Å². The molecule has 5 nitrogen and oxygen atoms in total. The van der Waals surface area contributed by atoms with Crippen molar-refractivity contribution in [3.63, 3.8) is 0 Å². The molecule has 1 aliphatic rings. The molecule has 1 heterocycles. The number of thioether (sulfide) groups is 1. The summed E-state index contributed by atoms with van der Waals surface area (Å²) >= 11 is 7.08. The molecule has 0 aromatic heterocycles. The van der Waals surface area contributed by atoms with Gasteiger partial charge in [-0.1, -0.05) is 41.9 Å². The van der Waals surface area contributed by atoms with Crippen LogP contribution in [0.1, 0.15) is 11.1 Å². The van der Waals surface area contributed by atoms with Gasteiger partial charge in [0.15, 0.2) is 0 Å². The molecule has 1 fully saturated rings. The molecule has 2 N–H and O–H groups in total. The van der Waals surface area contributed by atoms with Crippen LogP contribution in [-0.4, -0.2) is 28.0 Å². The maximum atomic E-state index is 11.8. The lowest BCUT2D eigenvalue weighted by molar-refractivity contribution is -0.126. The first-order valence-corrected chi connectivity index (χ1v) is 9.05. The van der Waals surface area contributed by atoms with Gasteiger partial charge in [-0.05, 0) is 47.5 Å². The molecule has 0 aliphatic carbocycles. The fraction of sp³-hybridized carbons (Fsp3) is 0.222. The molecular formula is C18H17ClN2O3S. The smallest absolute Gasteiger partial charge is 0.303 e. The summed E-state index contributed by atoms with van der Waals surface area (Å²) in [5.41, 5.74) is 2.00. The van der Waals surface area contributed by atoms with Crippen molar-refractivity contribution in [3.8, 4) is 5.75 Å². The number of carbonyl (C=O) groups is 2. The Kier molecular flexibility index (Phi) is 5.63. The molecule has 7 heteroatoms. The Balaban J connectivity index is 1.52. The lowest BCUT2D eigenvalue weighted by atomic mass is 10.1. The lowest BCUT2D eigenvalue weighted by Crippen LogP contribution is -2.37. The van der Waals surface area contributed by atoms with E-state index in [1.54, 1.807) is 0 Å². The van der Waals surface area contributed by atoms with E-state index >= 15 is 0 Å². The maximum Gasteiger partial charge on any atom is 0.303 e. The van der Waals surface area contributed by atoms with Gasteiger partial charge in [0.2, 0.25) is 0 Å². The van der Waals surface area contributed by atoms with Crippen molar-refractivity contribution in [2.75, 3.05) is 6.61 Å². The molecule has 1 aliphatic heterocycles. The van der Waals surface area contributed by atoms with E-state index in [0.717, 1.165) is 40.1 Å². The van der Waals surface area contributed by atoms with Crippen LogP contribution in [-0.2, 0) is 17.6 Å². The van der Waals surface area contributed by atoms with E-state index in [1.165, 1.54) is 0 Å². The average Bonchev–Trinajstić information content (AvgIpc) is 2.85. The quantitative estimate of drug-likeness (QED) is 0.617. The summed E-state index contributed by atoms with van der Waals surface area (Å²) in [7, 11) is 0. The maximum absolute atomic E-state index is 11.8. The number of amides is 2. The first kappa shape index (κ1) is 17.8. The number of carbonyl (C=O) groups excluding carboxylic acids is 2. The number of nitrogens with two attached hydrogens (primary N) is 1. The number of benzene rings is 2. The van der Waals surface area contributed by atoms with Gasteiger partial charge in [-0.15, -0.1) is 0 Å². The Hall–Kier alpha value is -2.02. The number of nitrogens with zero attached hydrogens (tertiary/aromatic N) is 1. The fourth-order valence-corrected chi connectivity index (χ4v) is 3.69. The highest BCUT2D eigenvalue weighted by molar-refractivity contribution is 8.15. The lowest BCUT2D eigenvalue weighted by Gasteiger charge is -2.10. The molecule has 0 spiro atoms. The highest BCUT2D eigenvalue weighted by Gasteiger charge is 2.37. The molecule has 0 bridgehead atoms. The number of ether oxygens (including phenoxy) is 1. The van der Waals surface area contributed by atoms with Crippen molar-refractivity contribution >= 4 is 34.5 Å². The Bertz CT molecular complexity index is 782. The van der Waals surface area contributed by atoms with E-state index in [-0.39, 0.29) is 5.91 Å². The van der Waals surface area contributed by atoms with Gasteiger partial charge in [-0.25, -0.2) is 10.9 Å². The summed E-state index contributed by atoms with van der Waals surface area (Å²) in [5.74, 6) is 5.78. The van der Waals surface area contributed by atoms with Crippen LogP contribution in [0, 0.1) is 0 Å². The first-order valence-electron chi connectivity index (χ1n) is 7.79. The molecule has 2 amide bonds. The highest BCUT2D eigenvalue weighted by atomic mass is 35.5. The molecule has 3 rings (SSSR count). The summed E-state index contributed by atoms with van der Waals surface area (Å²) in [4.78, 5) is 23.2. The zero-order valence-corrected chi connectivity index (χ0v) is 14.9. The van der Waals surface area contributed by atoms with Crippen molar-refractivity contribution in [2.45, 2.75) is 18.1 Å². The minimum Gasteiger partial charge on any atom is -0.493 e. The molecule has 0 radical (unpaired) electrons. The number of hydrogen-bond acceptors (Lipinski definition) is 5. The van der Waals surface area contributed by atoms with Crippen LogP contribution in [0.3, 0.4) is 0 Å². The highest BCUT2D eigenvalue weighted by Crippen LogP contribution is 2.28. The van der Waals surface area contributed by atoms with Gasteiger partial charge in [0.1, 0.15) is 5.75 Å². The number of rotatable bonds is 6. The second-order valence-corrected chi connectivity index (χ2v) is 7.18. The van der Waals surface area contributed by atoms with Crippen molar-refractivity contribution in [3.05, 3.63) is 64.7 Å². The molecule has 1 atom stereocenters. The van der Waals surface area contributed by atoms with Crippen LogP contribution in [0.15, 0.2) is 48.5 Å². The summed E-state index contributed by atoms with van der Waals surface area (Å²) in [6.07, 6.45) is 1.19. The number of hydrogen-bond donors (Lipinski definition) is 1. The molecule has 25 heavy (non-hydrogen) atoms. The molecule has 130 valence electrons. The van der Waals surface area contributed by atoms with Crippen molar-refractivity contribution in [1.82, 2.24) is 5.01 Å². The Morgan fingerprint density at radius 3 is 2.48 bits per heavy atom. The number of imide groups is 1. The van der Waals surface area contributed by atoms with E-state index in [9.17, 15) is 9.59 Å². The van der Waals surface area contributed by atoms with Gasteiger partial charge in [0.25, 0.3) is 5.91 Å². The second-order valence-electron chi connectivity index (χ2n) is 5.62. The van der Waals surface area contributed by atoms with Crippen LogP contribution < -0.4 is 10.6 Å². The largest absolute Gasteiger partial charge is 0.493 e. The normalized spacial score (nSPS) is 17.2. The minimum absolute atomic E-state index is 0.352. The molecule has 2 aromatic carbocycles. The molecule has 0 saturated carbocycles. The third kappa shape index (κ3) is 4.34. The molecular weight excluding hydrogens is 360 g/mol. The molecule has 2 aromatic rings. The van der Waals surface area contributed by atoms with Crippen LogP contribution in [0.5, 0.6) is 5.75 Å². The van der Waals surface area contributed by atoms with E-state index in [1.807, 2.05) is 48.5 Å². The first-order chi connectivity index (χ1) is 12.0. The topological polar surface area (TPSA) is 72.6 Å². The van der Waals surface area contributed by atoms with Gasteiger partial charge in [-0.3, -0.25) is 9.59 Å². The Morgan fingerprint density at radius 2 is 1.84 bits per heavy atom. The van der Waals surface area contributed by atoms with Crippen molar-refractivity contribution < 1.29 is 14.3 Å². The van der Waals surface area contributed by atoms with Crippen LogP contribution in [0.2, 0.25) is 5.02 Å². The number of hydrazine groups is 1. The van der Waals surface area contributed by atoms with Crippen LogP contribution >= 0.6 is 23.4 Å². The Morgan fingerprint density at radius 1 is 1.12 bits per heavy atom. The summed E-state index contributed by atoms with van der Waals surface area (Å²) < 4.78 is 5.73. The average molecular weight is 377 g/mol. The predicted molar refractivity (Wildman–Crippen MR) is 98.6 cm³/mol. The van der Waals surface area contributed by atoms with E-state index in [2.05, 4.69) is 0 Å². The zero-order valence-electron chi connectivity index (χ0n) is 13.4. The van der Waals surface area contributed by atoms with Crippen LogP contribution in [0.4, 0.5) is 4.79 Å². The minimum atomic E-state index is -0.454. The van der Waals surface area contributed by atoms with E-state index in [4.69, 9.17) is 22.2 Å². The van der Waals surface area contributed by atoms with Crippen molar-refractivity contribution in [2.24, 2.45) is 5.84 Å². The van der Waals surface area contributed by atoms with Crippen LogP contribution in [0.25, 0.3) is 0 Å². The summed E-state index contributed by atoms with van der Waals surface area (Å²) in [6.45, 7) is 0.524. The monoisotopic (exact) mass is 376 g/mol. The SMILES string of the molecule is NN1C(=O)SC(Cc2ccc(OCCc3ccccc3Cl)cc2)C1=O. The summed E-state index contributed by atoms with van der Waals surface area (Å²) in [6, 6.07) is 15.2. The standard InChI is InChI=1S/C18H17ClN2O3S/c19-15-4-2-1-3-13(15)9-10-24-14-7-5-12(6-8-14)11-16-17(22)21(20)18(23)25-16/h1-8,16H,9-11,20H2. The summed E-state index contributed by atoms with van der Waals surface area (Å²) in [5, 5.41) is 0.560. The zero-order chi connectivity index (χ0) is 17.8. The molecule has 1 saturated heterocycles. The van der Waals surface area contributed by atoms with Gasteiger partial charge < -0.3 is 4.74 Å². The van der Waals surface area contributed by atoms with Gasteiger partial charge >= 0.3 is 5.24 Å². The van der Waals surface area contributed by atoms with Gasteiger partial charge in [-0.2, -0.15) is 0 Å². The second kappa shape index (κ2) is 7.91. The van der Waals surface area contributed by atoms with E-state index < -0.39 is 10.5 Å².